The maximum atomic E-state index is 11.7. The fourth-order valence-electron chi connectivity index (χ4n) is 1.96. The summed E-state index contributed by atoms with van der Waals surface area (Å²) in [6.07, 6.45) is 20.7. The number of carbonyl (C=O) groups is 2. The summed E-state index contributed by atoms with van der Waals surface area (Å²) in [4.78, 5) is 22.1. The highest BCUT2D eigenvalue weighted by Gasteiger charge is 2.09. The molecule has 1 unspecified atom stereocenters. The molecule has 0 radical (unpaired) electrons. The topological polar surface area (TPSA) is 72.8 Å². The van der Waals surface area contributed by atoms with Gasteiger partial charge >= 0.3 is 11.9 Å². The third-order valence-corrected chi connectivity index (χ3v) is 3.37. The molecule has 0 aliphatic heterocycles. The lowest BCUT2D eigenvalue weighted by molar-refractivity contribution is -0.143. The van der Waals surface area contributed by atoms with Crippen molar-refractivity contribution in [2.45, 2.75) is 51.6 Å². The Labute approximate surface area is 162 Å². The number of carbonyl (C=O) groups excluding carboxylic acids is 1. The molecular formula is C22H32O5. The monoisotopic (exact) mass is 376 g/mol. The normalized spacial score (nSPS) is 13.1. The van der Waals surface area contributed by atoms with E-state index in [-0.39, 0.29) is 6.61 Å². The molecule has 0 fully saturated rings. The third kappa shape index (κ3) is 18.2. The summed E-state index contributed by atoms with van der Waals surface area (Å²) in [7, 11) is 0. The average Bonchev–Trinajstić information content (AvgIpc) is 2.64. The largest absolute Gasteiger partial charge is 0.478 e. The van der Waals surface area contributed by atoms with Crippen LogP contribution in [-0.2, 0) is 19.1 Å². The first-order chi connectivity index (χ1) is 13.1. The molecule has 0 rings (SSSR count). The summed E-state index contributed by atoms with van der Waals surface area (Å²) in [5, 5.41) is 8.56. The molecule has 0 aliphatic rings. The number of carboxylic acid groups (broad SMARTS) is 1. The molecule has 0 spiro atoms. The van der Waals surface area contributed by atoms with Crippen molar-refractivity contribution < 1.29 is 24.2 Å². The lowest BCUT2D eigenvalue weighted by atomic mass is 10.2. The molecule has 0 aromatic carbocycles. The van der Waals surface area contributed by atoms with Gasteiger partial charge in [-0.1, -0.05) is 56.2 Å². The van der Waals surface area contributed by atoms with Gasteiger partial charge in [0.1, 0.15) is 6.10 Å². The smallest absolute Gasteiger partial charge is 0.331 e. The van der Waals surface area contributed by atoms with Crippen LogP contribution in [0.5, 0.6) is 0 Å². The van der Waals surface area contributed by atoms with Gasteiger partial charge in [-0.25, -0.2) is 9.59 Å². The van der Waals surface area contributed by atoms with Crippen LogP contribution in [0.25, 0.3) is 0 Å². The maximum Gasteiger partial charge on any atom is 0.331 e. The summed E-state index contributed by atoms with van der Waals surface area (Å²) >= 11 is 0. The number of allylic oxidation sites excluding steroid dienone is 5. The van der Waals surface area contributed by atoms with Crippen LogP contribution in [0.4, 0.5) is 0 Å². The third-order valence-electron chi connectivity index (χ3n) is 3.37. The van der Waals surface area contributed by atoms with Crippen molar-refractivity contribution in [1.29, 1.82) is 0 Å². The highest BCUT2D eigenvalue weighted by atomic mass is 16.6. The zero-order chi connectivity index (χ0) is 20.2. The second-order valence-corrected chi connectivity index (χ2v) is 5.83. The van der Waals surface area contributed by atoms with Gasteiger partial charge in [0, 0.05) is 12.2 Å². The second-order valence-electron chi connectivity index (χ2n) is 5.83. The van der Waals surface area contributed by atoms with Gasteiger partial charge in [-0.15, -0.1) is 6.58 Å². The number of esters is 1. The van der Waals surface area contributed by atoms with Crippen LogP contribution in [0.3, 0.4) is 0 Å². The second kappa shape index (κ2) is 18.4. The van der Waals surface area contributed by atoms with Gasteiger partial charge in [0.25, 0.3) is 0 Å². The van der Waals surface area contributed by atoms with Gasteiger partial charge in [0.05, 0.1) is 13.2 Å². The van der Waals surface area contributed by atoms with Crippen molar-refractivity contribution >= 4 is 11.9 Å². The molecule has 150 valence electrons. The van der Waals surface area contributed by atoms with Crippen LogP contribution in [0.1, 0.15) is 45.4 Å². The van der Waals surface area contributed by atoms with Crippen molar-refractivity contribution in [2.24, 2.45) is 0 Å². The van der Waals surface area contributed by atoms with E-state index in [0.717, 1.165) is 50.7 Å². The molecule has 0 amide bonds. The van der Waals surface area contributed by atoms with Crippen LogP contribution >= 0.6 is 0 Å². The number of rotatable bonds is 16. The van der Waals surface area contributed by atoms with E-state index in [2.05, 4.69) is 19.6 Å². The first kappa shape index (κ1) is 24.6. The van der Waals surface area contributed by atoms with Crippen LogP contribution in [0, 0.1) is 0 Å². The Balaban J connectivity index is 4.43. The molecule has 0 heterocycles. The summed E-state index contributed by atoms with van der Waals surface area (Å²) in [6, 6.07) is 0. The highest BCUT2D eigenvalue weighted by molar-refractivity contribution is 5.90. The van der Waals surface area contributed by atoms with E-state index in [1.54, 1.807) is 6.08 Å². The lowest BCUT2D eigenvalue weighted by Gasteiger charge is -2.12. The minimum absolute atomic E-state index is 0.197. The van der Waals surface area contributed by atoms with E-state index in [0.29, 0.717) is 6.61 Å². The quantitative estimate of drug-likeness (QED) is 0.138. The molecule has 5 nitrogen and oxygen atoms in total. The molecule has 0 aromatic heterocycles. The molecule has 5 heteroatoms. The van der Waals surface area contributed by atoms with Gasteiger partial charge in [-0.05, 0) is 31.8 Å². The number of aliphatic carboxylic acids is 1. The predicted octanol–water partition coefficient (Wildman–Crippen LogP) is 4.77. The molecule has 1 atom stereocenters. The van der Waals surface area contributed by atoms with Gasteiger partial charge in [-0.2, -0.15) is 0 Å². The van der Waals surface area contributed by atoms with E-state index >= 15 is 0 Å². The van der Waals surface area contributed by atoms with Gasteiger partial charge < -0.3 is 14.6 Å². The van der Waals surface area contributed by atoms with Gasteiger partial charge in [-0.3, -0.25) is 0 Å². The average molecular weight is 376 g/mol. The highest BCUT2D eigenvalue weighted by Crippen LogP contribution is 2.01. The molecule has 1 N–H and O–H groups in total. The Hall–Kier alpha value is -2.40. The van der Waals surface area contributed by atoms with Crippen molar-refractivity contribution in [3.8, 4) is 0 Å². The van der Waals surface area contributed by atoms with Crippen LogP contribution in [-0.4, -0.2) is 36.4 Å². The molecular weight excluding hydrogens is 344 g/mol. The Bertz CT molecular complexity index is 529. The Morgan fingerprint density at radius 2 is 1.81 bits per heavy atom. The first-order valence-corrected chi connectivity index (χ1v) is 9.38. The number of carboxylic acids is 1. The summed E-state index contributed by atoms with van der Waals surface area (Å²) in [5.74, 6) is -1.92. The zero-order valence-electron chi connectivity index (χ0n) is 16.2. The SMILES string of the molecule is C=CCCCC=CCOCC(C=CC=CCCCC)OC(=O)C=CC(=O)O. The van der Waals surface area contributed by atoms with Crippen LogP contribution < -0.4 is 0 Å². The molecule has 0 bridgehead atoms. The molecule has 0 saturated carbocycles. The number of ether oxygens (including phenoxy) is 2. The van der Waals surface area contributed by atoms with Crippen molar-refractivity contribution in [3.05, 3.63) is 61.3 Å². The minimum Gasteiger partial charge on any atom is -0.478 e. The molecule has 0 saturated heterocycles. The zero-order valence-corrected chi connectivity index (χ0v) is 16.2. The predicted molar refractivity (Wildman–Crippen MR) is 108 cm³/mol. The Morgan fingerprint density at radius 1 is 1.04 bits per heavy atom. The van der Waals surface area contributed by atoms with Crippen molar-refractivity contribution in [3.63, 3.8) is 0 Å². The Morgan fingerprint density at radius 3 is 2.52 bits per heavy atom. The summed E-state index contributed by atoms with van der Waals surface area (Å²) in [6.45, 7) is 6.44. The van der Waals surface area contributed by atoms with E-state index in [1.807, 2.05) is 30.4 Å². The number of hydrogen-bond acceptors (Lipinski definition) is 4. The number of unbranched alkanes of at least 4 members (excludes halogenated alkanes) is 4. The van der Waals surface area contributed by atoms with E-state index in [1.165, 1.54) is 0 Å². The fraction of sp³-hybridized carbons (Fsp3) is 0.455. The van der Waals surface area contributed by atoms with Crippen LogP contribution in [0.15, 0.2) is 61.3 Å². The lowest BCUT2D eigenvalue weighted by Crippen LogP contribution is -2.20. The fourth-order valence-corrected chi connectivity index (χ4v) is 1.96. The first-order valence-electron chi connectivity index (χ1n) is 9.38. The number of hydrogen-bond donors (Lipinski definition) is 1. The van der Waals surface area contributed by atoms with E-state index in [9.17, 15) is 9.59 Å². The molecule has 27 heavy (non-hydrogen) atoms. The Kier molecular flexibility index (Phi) is 16.8. The van der Waals surface area contributed by atoms with Crippen molar-refractivity contribution in [2.75, 3.05) is 13.2 Å². The maximum absolute atomic E-state index is 11.7. The van der Waals surface area contributed by atoms with Gasteiger partial charge in [0.2, 0.25) is 0 Å². The summed E-state index contributed by atoms with van der Waals surface area (Å²) in [5.41, 5.74) is 0. The molecule has 0 aromatic rings. The van der Waals surface area contributed by atoms with Crippen molar-refractivity contribution in [1.82, 2.24) is 0 Å². The minimum atomic E-state index is -1.20. The van der Waals surface area contributed by atoms with Gasteiger partial charge in [0.15, 0.2) is 0 Å². The van der Waals surface area contributed by atoms with Crippen LogP contribution in [0.2, 0.25) is 0 Å². The summed E-state index contributed by atoms with van der Waals surface area (Å²) < 4.78 is 10.7. The standard InChI is InChI=1S/C22H32O5/c1-3-5-7-9-11-13-15-20(27-22(25)17-16-21(23)24)19-26-18-14-12-10-8-6-4-2/h4,9,11-17,20H,2-3,5-8,10,18-19H2,1H3,(H,23,24). The van der Waals surface area contributed by atoms with E-state index < -0.39 is 18.0 Å². The van der Waals surface area contributed by atoms with E-state index in [4.69, 9.17) is 14.6 Å². The molecule has 0 aliphatic carbocycles.